The maximum absolute atomic E-state index is 13.6. The Morgan fingerprint density at radius 1 is 0.744 bits per heavy atom. The summed E-state index contributed by atoms with van der Waals surface area (Å²) in [5.74, 6) is -2.80. The third kappa shape index (κ3) is 7.34. The summed E-state index contributed by atoms with van der Waals surface area (Å²) in [6.07, 6.45) is -1.04. The highest BCUT2D eigenvalue weighted by atomic mass is 32.2. The van der Waals surface area contributed by atoms with E-state index in [4.69, 9.17) is 4.74 Å². The fourth-order valence-electron chi connectivity index (χ4n) is 3.70. The molecule has 1 amide bonds. The number of ether oxygens (including phenoxy) is 1. The molecule has 0 bridgehead atoms. The first-order chi connectivity index (χ1) is 18.7. The Balaban J connectivity index is 1.43. The largest absolute Gasteiger partial charge is 0.441 e. The lowest BCUT2D eigenvalue weighted by Gasteiger charge is -2.23. The number of carbonyl (C=O) groups is 2. The summed E-state index contributed by atoms with van der Waals surface area (Å²) in [6, 6.07) is 26.5. The molecule has 0 atom stereocenters. The molecular formula is C29H24F2N2O5S. The van der Waals surface area contributed by atoms with Crippen molar-refractivity contribution in [3.05, 3.63) is 131 Å². The van der Waals surface area contributed by atoms with E-state index in [0.29, 0.717) is 0 Å². The first-order valence-corrected chi connectivity index (χ1v) is 13.3. The van der Waals surface area contributed by atoms with E-state index in [-0.39, 0.29) is 29.2 Å². The number of Topliss-reactive ketones (excluding diaryl/α,β-unsaturated/α-hetero) is 1. The zero-order valence-electron chi connectivity index (χ0n) is 20.6. The molecule has 0 unspecified atom stereocenters. The highest BCUT2D eigenvalue weighted by Crippen LogP contribution is 2.22. The number of nitrogens with zero attached hydrogens (tertiary/aromatic N) is 1. The molecule has 0 fully saturated rings. The van der Waals surface area contributed by atoms with Gasteiger partial charge < -0.3 is 4.74 Å². The summed E-state index contributed by atoms with van der Waals surface area (Å²) >= 11 is 0. The summed E-state index contributed by atoms with van der Waals surface area (Å²) in [7, 11) is -3.94. The van der Waals surface area contributed by atoms with Crippen molar-refractivity contribution in [3.8, 4) is 0 Å². The number of sulfonamides is 1. The monoisotopic (exact) mass is 550 g/mol. The zero-order valence-corrected chi connectivity index (χ0v) is 21.4. The van der Waals surface area contributed by atoms with E-state index >= 15 is 0 Å². The van der Waals surface area contributed by atoms with Gasteiger partial charge in [0, 0.05) is 30.4 Å². The van der Waals surface area contributed by atoms with Gasteiger partial charge >= 0.3 is 6.09 Å². The molecule has 1 N–H and O–H groups in total. The zero-order chi connectivity index (χ0) is 27.8. The van der Waals surface area contributed by atoms with Crippen molar-refractivity contribution in [3.63, 3.8) is 0 Å². The molecular weight excluding hydrogens is 526 g/mol. The second-order valence-electron chi connectivity index (χ2n) is 8.52. The molecule has 0 saturated heterocycles. The predicted octanol–water partition coefficient (Wildman–Crippen LogP) is 5.79. The fraction of sp³-hybridized carbons (Fsp3) is 0.103. The van der Waals surface area contributed by atoms with Crippen LogP contribution in [0.2, 0.25) is 0 Å². The van der Waals surface area contributed by atoms with Gasteiger partial charge in [0.15, 0.2) is 24.0 Å². The van der Waals surface area contributed by atoms with Crippen molar-refractivity contribution < 1.29 is 31.5 Å². The molecule has 0 heterocycles. The van der Waals surface area contributed by atoms with Crippen molar-refractivity contribution in [1.82, 2.24) is 4.31 Å². The molecule has 200 valence electrons. The van der Waals surface area contributed by atoms with Crippen molar-refractivity contribution >= 4 is 27.6 Å². The van der Waals surface area contributed by atoms with E-state index in [9.17, 15) is 26.8 Å². The van der Waals surface area contributed by atoms with Gasteiger partial charge in [-0.25, -0.2) is 22.0 Å². The van der Waals surface area contributed by atoms with Gasteiger partial charge in [0.05, 0.1) is 4.90 Å². The average Bonchev–Trinajstić information content (AvgIpc) is 2.94. The number of benzene rings is 4. The Morgan fingerprint density at radius 3 is 1.85 bits per heavy atom. The van der Waals surface area contributed by atoms with Gasteiger partial charge in [-0.05, 0) is 47.5 Å². The van der Waals surface area contributed by atoms with Gasteiger partial charge in [-0.2, -0.15) is 4.31 Å². The topological polar surface area (TPSA) is 92.8 Å². The summed E-state index contributed by atoms with van der Waals surface area (Å²) in [4.78, 5) is 24.4. The number of carbonyl (C=O) groups excluding carboxylic acids is 2. The number of ketones is 1. The highest BCUT2D eigenvalue weighted by Gasteiger charge is 2.25. The van der Waals surface area contributed by atoms with Crippen LogP contribution in [0.1, 0.15) is 21.5 Å². The lowest BCUT2D eigenvalue weighted by molar-refractivity contribution is 0.0863. The van der Waals surface area contributed by atoms with Crippen molar-refractivity contribution in [2.45, 2.75) is 18.0 Å². The molecule has 0 aliphatic carbocycles. The number of amides is 1. The van der Waals surface area contributed by atoms with Crippen molar-refractivity contribution in [2.75, 3.05) is 11.9 Å². The quantitative estimate of drug-likeness (QED) is 0.253. The van der Waals surface area contributed by atoms with E-state index in [1.807, 2.05) is 60.7 Å². The molecule has 0 saturated carbocycles. The van der Waals surface area contributed by atoms with Crippen LogP contribution in [0.25, 0.3) is 0 Å². The Labute approximate surface area is 224 Å². The molecule has 7 nitrogen and oxygen atoms in total. The Kier molecular flexibility index (Phi) is 8.80. The van der Waals surface area contributed by atoms with Gasteiger partial charge in [0.2, 0.25) is 10.0 Å². The summed E-state index contributed by atoms with van der Waals surface area (Å²) < 4.78 is 59.7. The van der Waals surface area contributed by atoms with Crippen LogP contribution >= 0.6 is 0 Å². The van der Waals surface area contributed by atoms with Crippen LogP contribution in [-0.4, -0.2) is 31.2 Å². The lowest BCUT2D eigenvalue weighted by atomic mass is 10.1. The highest BCUT2D eigenvalue weighted by molar-refractivity contribution is 7.89. The van der Waals surface area contributed by atoms with Crippen LogP contribution < -0.4 is 5.32 Å². The van der Waals surface area contributed by atoms with E-state index in [2.05, 4.69) is 5.32 Å². The maximum Gasteiger partial charge on any atom is 0.412 e. The molecule has 0 aromatic heterocycles. The van der Waals surface area contributed by atoms with Gasteiger partial charge in [0.1, 0.15) is 0 Å². The number of halogens is 2. The fourth-order valence-corrected chi connectivity index (χ4v) is 5.12. The Bertz CT molecular complexity index is 1510. The Hall–Kier alpha value is -4.41. The third-order valence-electron chi connectivity index (χ3n) is 5.72. The molecule has 0 aliphatic rings. The summed E-state index contributed by atoms with van der Waals surface area (Å²) in [5.41, 5.74) is 1.73. The minimum Gasteiger partial charge on any atom is -0.441 e. The molecule has 4 aromatic rings. The normalized spacial score (nSPS) is 11.3. The van der Waals surface area contributed by atoms with Crippen LogP contribution in [-0.2, 0) is 27.8 Å². The van der Waals surface area contributed by atoms with Crippen LogP contribution in [0, 0.1) is 11.6 Å². The number of hydrogen-bond acceptors (Lipinski definition) is 5. The van der Waals surface area contributed by atoms with Gasteiger partial charge in [-0.1, -0.05) is 60.7 Å². The van der Waals surface area contributed by atoms with Crippen molar-refractivity contribution in [2.24, 2.45) is 0 Å². The number of hydrogen-bond donors (Lipinski definition) is 1. The molecule has 0 spiro atoms. The van der Waals surface area contributed by atoms with E-state index < -0.39 is 40.1 Å². The van der Waals surface area contributed by atoms with Crippen LogP contribution in [0.5, 0.6) is 0 Å². The second-order valence-corrected chi connectivity index (χ2v) is 10.5. The molecule has 39 heavy (non-hydrogen) atoms. The van der Waals surface area contributed by atoms with Gasteiger partial charge in [-0.15, -0.1) is 0 Å². The maximum atomic E-state index is 13.6. The molecule has 0 aliphatic heterocycles. The summed E-state index contributed by atoms with van der Waals surface area (Å²) in [6.45, 7) is -0.338. The van der Waals surface area contributed by atoms with Crippen molar-refractivity contribution in [1.29, 1.82) is 0 Å². The Morgan fingerprint density at radius 2 is 1.31 bits per heavy atom. The number of rotatable bonds is 10. The molecule has 10 heteroatoms. The molecule has 4 aromatic carbocycles. The van der Waals surface area contributed by atoms with Crippen LogP contribution in [0.15, 0.2) is 108 Å². The SMILES string of the molecule is O=C(Nc1ccc(F)c(F)c1)OCC(=O)c1ccc(S(=O)(=O)N(Cc2ccccc2)Cc2ccccc2)cc1. The third-order valence-corrected chi connectivity index (χ3v) is 7.52. The number of anilines is 1. The van der Waals surface area contributed by atoms with Crippen LogP contribution in [0.4, 0.5) is 19.3 Å². The molecule has 0 radical (unpaired) electrons. The number of nitrogens with one attached hydrogen (secondary N) is 1. The van der Waals surface area contributed by atoms with E-state index in [0.717, 1.165) is 29.3 Å². The minimum absolute atomic E-state index is 0.00269. The van der Waals surface area contributed by atoms with Gasteiger partial charge in [0.25, 0.3) is 0 Å². The average molecular weight is 551 g/mol. The summed E-state index contributed by atoms with van der Waals surface area (Å²) in [5, 5.41) is 2.19. The van der Waals surface area contributed by atoms with Crippen LogP contribution in [0.3, 0.4) is 0 Å². The lowest BCUT2D eigenvalue weighted by Crippen LogP contribution is -2.30. The first kappa shape index (κ1) is 27.6. The molecule has 4 rings (SSSR count). The minimum atomic E-state index is -3.94. The predicted molar refractivity (Wildman–Crippen MR) is 141 cm³/mol. The van der Waals surface area contributed by atoms with Gasteiger partial charge in [-0.3, -0.25) is 10.1 Å². The standard InChI is InChI=1S/C29H24F2N2O5S/c30-26-16-13-24(17-27(26)31)32-29(35)38-20-28(34)23-11-14-25(15-12-23)39(36,37)33(18-21-7-3-1-4-8-21)19-22-9-5-2-6-10-22/h1-17H,18-20H2,(H,32,35). The van der Waals surface area contributed by atoms with E-state index in [1.54, 1.807) is 0 Å². The van der Waals surface area contributed by atoms with E-state index in [1.165, 1.54) is 28.6 Å². The second kappa shape index (κ2) is 12.4. The first-order valence-electron chi connectivity index (χ1n) is 11.8. The smallest absolute Gasteiger partial charge is 0.412 e.